The van der Waals surface area contributed by atoms with Gasteiger partial charge in [-0.15, -0.1) is 0 Å². The third-order valence-electron chi connectivity index (χ3n) is 7.45. The van der Waals surface area contributed by atoms with Crippen LogP contribution in [0.15, 0.2) is 54.7 Å². The zero-order chi connectivity index (χ0) is 27.9. The summed E-state index contributed by atoms with van der Waals surface area (Å²) in [6.45, 7) is 9.11. The van der Waals surface area contributed by atoms with E-state index in [0.717, 1.165) is 55.8 Å². The molecule has 2 saturated heterocycles. The van der Waals surface area contributed by atoms with Crippen molar-refractivity contribution >= 4 is 17.5 Å². The molecule has 0 radical (unpaired) electrons. The van der Waals surface area contributed by atoms with Gasteiger partial charge in [-0.3, -0.25) is 9.69 Å². The summed E-state index contributed by atoms with van der Waals surface area (Å²) < 4.78 is 11.5. The van der Waals surface area contributed by atoms with Gasteiger partial charge in [0, 0.05) is 62.5 Å². The molecule has 5 rings (SSSR count). The number of nitriles is 1. The summed E-state index contributed by atoms with van der Waals surface area (Å²) in [5.74, 6) is 1.17. The number of hydrogen-bond acceptors (Lipinski definition) is 8. The van der Waals surface area contributed by atoms with Crippen LogP contribution in [0, 0.1) is 11.3 Å². The maximum Gasteiger partial charge on any atom is 0.227 e. The van der Waals surface area contributed by atoms with Gasteiger partial charge in [0.05, 0.1) is 30.9 Å². The lowest BCUT2D eigenvalue weighted by molar-refractivity contribution is -0.132. The molecule has 2 aromatic carbocycles. The lowest BCUT2D eigenvalue weighted by Crippen LogP contribution is -2.51. The van der Waals surface area contributed by atoms with Crippen LogP contribution in [0.1, 0.15) is 37.8 Å². The number of nitrogens with one attached hydrogen (secondary N) is 1. The Bertz CT molecular complexity index is 1360. The van der Waals surface area contributed by atoms with Gasteiger partial charge in [-0.05, 0) is 55.8 Å². The fraction of sp³-hybridized carbons (Fsp3) is 0.419. The molecule has 3 heterocycles. The Morgan fingerprint density at radius 1 is 1.12 bits per heavy atom. The molecule has 0 saturated carbocycles. The van der Waals surface area contributed by atoms with Gasteiger partial charge < -0.3 is 19.7 Å². The van der Waals surface area contributed by atoms with E-state index < -0.39 is 0 Å². The SMILES string of the molecule is CC(C)N1CCN(C(=O)Cc2cccc(Nc3nccc(-c4ccc(OC5CCOCC5)c(C#N)c4)n3)c2)CC1. The molecular formula is C31H36N6O3. The summed E-state index contributed by atoms with van der Waals surface area (Å²) in [4.78, 5) is 26.3. The zero-order valence-corrected chi connectivity index (χ0v) is 23.2. The number of piperazine rings is 1. The average molecular weight is 541 g/mol. The Kier molecular flexibility index (Phi) is 8.89. The van der Waals surface area contributed by atoms with Gasteiger partial charge in [0.15, 0.2) is 0 Å². The van der Waals surface area contributed by atoms with E-state index in [1.165, 1.54) is 0 Å². The molecule has 0 aliphatic carbocycles. The maximum absolute atomic E-state index is 12.9. The van der Waals surface area contributed by atoms with Crippen molar-refractivity contribution in [3.05, 3.63) is 65.9 Å². The standard InChI is InChI=1S/C31H36N6O3/c1-22(2)36-12-14-37(15-13-36)30(38)19-23-4-3-5-26(18-23)34-31-33-11-8-28(35-31)24-6-7-29(25(20-24)21-32)40-27-9-16-39-17-10-27/h3-8,11,18,20,22,27H,9-10,12-17,19H2,1-2H3,(H,33,34,35). The normalized spacial score (nSPS) is 16.5. The topological polar surface area (TPSA) is 104 Å². The highest BCUT2D eigenvalue weighted by atomic mass is 16.5. The second kappa shape index (κ2) is 12.9. The van der Waals surface area contributed by atoms with Crippen LogP contribution in [0.3, 0.4) is 0 Å². The second-order valence-electron chi connectivity index (χ2n) is 10.5. The van der Waals surface area contributed by atoms with Crippen molar-refractivity contribution in [1.82, 2.24) is 19.8 Å². The van der Waals surface area contributed by atoms with Gasteiger partial charge in [0.2, 0.25) is 11.9 Å². The number of carbonyl (C=O) groups is 1. The lowest BCUT2D eigenvalue weighted by atomic mass is 10.1. The van der Waals surface area contributed by atoms with Crippen LogP contribution in [0.2, 0.25) is 0 Å². The van der Waals surface area contributed by atoms with E-state index in [-0.39, 0.29) is 12.0 Å². The molecule has 3 aromatic rings. The van der Waals surface area contributed by atoms with Crippen LogP contribution in [0.25, 0.3) is 11.3 Å². The Hall–Kier alpha value is -4.00. The Morgan fingerprint density at radius 3 is 2.67 bits per heavy atom. The van der Waals surface area contributed by atoms with Crippen molar-refractivity contribution < 1.29 is 14.3 Å². The summed E-state index contributed by atoms with van der Waals surface area (Å²) in [5.41, 5.74) is 3.72. The van der Waals surface area contributed by atoms with E-state index >= 15 is 0 Å². The van der Waals surface area contributed by atoms with Crippen molar-refractivity contribution in [3.8, 4) is 23.1 Å². The summed E-state index contributed by atoms with van der Waals surface area (Å²) in [6.07, 6.45) is 3.74. The van der Waals surface area contributed by atoms with Crippen LogP contribution in [0.4, 0.5) is 11.6 Å². The Morgan fingerprint density at radius 2 is 1.93 bits per heavy atom. The molecule has 1 aromatic heterocycles. The second-order valence-corrected chi connectivity index (χ2v) is 10.5. The minimum absolute atomic E-state index is 0.0581. The first kappa shape index (κ1) is 27.6. The molecule has 1 N–H and O–H groups in total. The average Bonchev–Trinajstić information content (AvgIpc) is 2.98. The predicted molar refractivity (Wildman–Crippen MR) is 153 cm³/mol. The van der Waals surface area contributed by atoms with Crippen molar-refractivity contribution in [3.63, 3.8) is 0 Å². The molecule has 0 atom stereocenters. The molecule has 0 bridgehead atoms. The number of anilines is 2. The highest BCUT2D eigenvalue weighted by Crippen LogP contribution is 2.28. The number of hydrogen-bond donors (Lipinski definition) is 1. The fourth-order valence-electron chi connectivity index (χ4n) is 5.09. The van der Waals surface area contributed by atoms with E-state index in [4.69, 9.17) is 9.47 Å². The molecule has 9 nitrogen and oxygen atoms in total. The van der Waals surface area contributed by atoms with Gasteiger partial charge in [-0.1, -0.05) is 12.1 Å². The third kappa shape index (κ3) is 6.95. The van der Waals surface area contributed by atoms with Crippen molar-refractivity contribution in [2.45, 2.75) is 45.3 Å². The summed E-state index contributed by atoms with van der Waals surface area (Å²) >= 11 is 0. The zero-order valence-electron chi connectivity index (χ0n) is 23.2. The minimum atomic E-state index is 0.0581. The Labute approximate surface area is 235 Å². The molecule has 9 heteroatoms. The van der Waals surface area contributed by atoms with Crippen LogP contribution in [-0.2, 0) is 16.0 Å². The van der Waals surface area contributed by atoms with E-state index in [1.54, 1.807) is 12.3 Å². The van der Waals surface area contributed by atoms with E-state index in [9.17, 15) is 10.1 Å². The molecule has 0 spiro atoms. The summed E-state index contributed by atoms with van der Waals surface area (Å²) in [5, 5.41) is 13.0. The van der Waals surface area contributed by atoms with E-state index in [2.05, 4.69) is 40.1 Å². The smallest absolute Gasteiger partial charge is 0.227 e. The molecule has 2 aliphatic rings. The number of rotatable bonds is 8. The van der Waals surface area contributed by atoms with Crippen LogP contribution in [-0.4, -0.2) is 77.2 Å². The van der Waals surface area contributed by atoms with Gasteiger partial charge in [0.1, 0.15) is 17.9 Å². The molecule has 40 heavy (non-hydrogen) atoms. The molecule has 208 valence electrons. The number of ether oxygens (including phenoxy) is 2. The van der Waals surface area contributed by atoms with Gasteiger partial charge in [-0.25, -0.2) is 9.97 Å². The van der Waals surface area contributed by atoms with Gasteiger partial charge >= 0.3 is 0 Å². The van der Waals surface area contributed by atoms with Gasteiger partial charge in [0.25, 0.3) is 0 Å². The molecule has 1 amide bonds. The monoisotopic (exact) mass is 540 g/mol. The number of benzene rings is 2. The first-order valence-corrected chi connectivity index (χ1v) is 14.0. The fourth-order valence-corrected chi connectivity index (χ4v) is 5.09. The minimum Gasteiger partial charge on any atom is -0.489 e. The molecule has 2 fully saturated rings. The maximum atomic E-state index is 12.9. The Balaban J connectivity index is 1.23. The van der Waals surface area contributed by atoms with Crippen molar-refractivity contribution in [1.29, 1.82) is 5.26 Å². The van der Waals surface area contributed by atoms with Crippen LogP contribution < -0.4 is 10.1 Å². The number of carbonyl (C=O) groups excluding carboxylic acids is 1. The largest absolute Gasteiger partial charge is 0.489 e. The van der Waals surface area contributed by atoms with Crippen LogP contribution in [0.5, 0.6) is 5.75 Å². The quantitative estimate of drug-likeness (QED) is 0.448. The molecule has 0 unspecified atom stereocenters. The third-order valence-corrected chi connectivity index (χ3v) is 7.45. The highest BCUT2D eigenvalue weighted by Gasteiger charge is 2.22. The lowest BCUT2D eigenvalue weighted by Gasteiger charge is -2.37. The predicted octanol–water partition coefficient (Wildman–Crippen LogP) is 4.41. The number of aromatic nitrogens is 2. The first-order chi connectivity index (χ1) is 19.5. The highest BCUT2D eigenvalue weighted by molar-refractivity contribution is 5.79. The summed E-state index contributed by atoms with van der Waals surface area (Å²) in [6, 6.07) is 17.9. The number of amides is 1. The molecular weight excluding hydrogens is 504 g/mol. The number of nitrogens with zero attached hydrogens (tertiary/aromatic N) is 5. The molecule has 2 aliphatic heterocycles. The summed E-state index contributed by atoms with van der Waals surface area (Å²) in [7, 11) is 0. The van der Waals surface area contributed by atoms with Gasteiger partial charge in [-0.2, -0.15) is 5.26 Å². The van der Waals surface area contributed by atoms with Crippen molar-refractivity contribution in [2.24, 2.45) is 0 Å². The van der Waals surface area contributed by atoms with Crippen LogP contribution >= 0.6 is 0 Å². The van der Waals surface area contributed by atoms with E-state index in [0.29, 0.717) is 48.6 Å². The van der Waals surface area contributed by atoms with Crippen molar-refractivity contribution in [2.75, 3.05) is 44.7 Å². The first-order valence-electron chi connectivity index (χ1n) is 14.0. The van der Waals surface area contributed by atoms with E-state index in [1.807, 2.05) is 47.4 Å².